The zero-order valence-corrected chi connectivity index (χ0v) is 19.0. The van der Waals surface area contributed by atoms with Crippen LogP contribution in [0.2, 0.25) is 0 Å². The number of nitrogens with zero attached hydrogens (tertiary/aromatic N) is 2. The van der Waals surface area contributed by atoms with Crippen LogP contribution in [0.15, 0.2) is 9.98 Å². The molecule has 1 unspecified atom stereocenters. The van der Waals surface area contributed by atoms with Gasteiger partial charge in [0.2, 0.25) is 0 Å². The Morgan fingerprint density at radius 1 is 1.37 bits per heavy atom. The number of likely N-dealkylation sites (N-methyl/N-ethyl adjacent to an activating group) is 1. The second-order valence-electron chi connectivity index (χ2n) is 6.98. The number of hydrogen-bond donors (Lipinski definition) is 1. The van der Waals surface area contributed by atoms with E-state index in [4.69, 9.17) is 14.2 Å². The number of hydrogen-bond acceptors (Lipinski definition) is 8. The Labute approximate surface area is 172 Å². The van der Waals surface area contributed by atoms with Crippen LogP contribution in [0.3, 0.4) is 0 Å². The van der Waals surface area contributed by atoms with Gasteiger partial charge in [-0.05, 0) is 57.7 Å². The molecule has 8 nitrogen and oxygen atoms in total. The van der Waals surface area contributed by atoms with Crippen molar-refractivity contribution in [3.63, 3.8) is 0 Å². The van der Waals surface area contributed by atoms with Crippen molar-refractivity contribution in [1.82, 2.24) is 15.2 Å². The number of nitrogens with one attached hydrogen (secondary N) is 1. The molecule has 1 rings (SSSR count). The lowest BCUT2D eigenvalue weighted by molar-refractivity contribution is -0.150. The molecule has 2 atom stereocenters. The summed E-state index contributed by atoms with van der Waals surface area (Å²) in [6, 6.07) is -1.08. The predicted molar refractivity (Wildman–Crippen MR) is 107 cm³/mol. The fraction of sp³-hybridized carbons (Fsp3) is 0.706. The Bertz CT molecular complexity index is 618. The lowest BCUT2D eigenvalue weighted by Gasteiger charge is -2.27. The summed E-state index contributed by atoms with van der Waals surface area (Å²) in [4.78, 5) is 31.1. The number of ether oxygens (including phenoxy) is 3. The first-order valence-corrected chi connectivity index (χ1v) is 10.2. The van der Waals surface area contributed by atoms with Crippen molar-refractivity contribution in [1.29, 1.82) is 0 Å². The van der Waals surface area contributed by atoms with Gasteiger partial charge in [-0.15, -0.1) is 11.3 Å². The number of amides is 1. The van der Waals surface area contributed by atoms with E-state index >= 15 is 0 Å². The second-order valence-corrected chi connectivity index (χ2v) is 8.68. The number of carbonyl (C=O) groups is 2. The molecule has 27 heavy (non-hydrogen) atoms. The molecule has 1 aromatic heterocycles. The van der Waals surface area contributed by atoms with Gasteiger partial charge in [0, 0.05) is 11.9 Å². The van der Waals surface area contributed by atoms with Crippen LogP contribution in [0, 0.1) is 0 Å². The van der Waals surface area contributed by atoms with E-state index in [1.807, 2.05) is 19.0 Å². The summed E-state index contributed by atoms with van der Waals surface area (Å²) in [6.07, 6.45) is -1.52. The van der Waals surface area contributed by atoms with E-state index in [2.05, 4.69) is 26.2 Å². The third kappa shape index (κ3) is 9.00. The van der Waals surface area contributed by atoms with E-state index in [-0.39, 0.29) is 6.61 Å². The monoisotopic (exact) mass is 465 g/mol. The van der Waals surface area contributed by atoms with Crippen molar-refractivity contribution < 1.29 is 23.8 Å². The van der Waals surface area contributed by atoms with Crippen LogP contribution in [-0.2, 0) is 19.0 Å². The average molecular weight is 466 g/mol. The molecule has 0 aromatic carbocycles. The third-order valence-electron chi connectivity index (χ3n) is 3.09. The van der Waals surface area contributed by atoms with Crippen molar-refractivity contribution in [3.05, 3.63) is 15.0 Å². The van der Waals surface area contributed by atoms with Gasteiger partial charge < -0.3 is 24.4 Å². The Morgan fingerprint density at radius 3 is 2.52 bits per heavy atom. The number of esters is 1. The highest BCUT2D eigenvalue weighted by molar-refractivity contribution is 9.10. The van der Waals surface area contributed by atoms with Crippen LogP contribution in [0.1, 0.15) is 38.8 Å². The average Bonchev–Trinajstić information content (AvgIpc) is 2.94. The first-order valence-electron chi connectivity index (χ1n) is 8.57. The SMILES string of the molecule is CCOC(=O)[C@@H](NC(=O)OC(C)(C)C)C(OCCN(C)C)c1nc(Br)cs1. The summed E-state index contributed by atoms with van der Waals surface area (Å²) in [6.45, 7) is 8.10. The molecule has 0 fully saturated rings. The number of aromatic nitrogens is 1. The van der Waals surface area contributed by atoms with Crippen molar-refractivity contribution >= 4 is 39.3 Å². The number of carbonyl (C=O) groups excluding carboxylic acids is 2. The van der Waals surface area contributed by atoms with Crippen LogP contribution in [0.25, 0.3) is 0 Å². The Balaban J connectivity index is 3.07. The molecule has 0 aliphatic heterocycles. The van der Waals surface area contributed by atoms with Gasteiger partial charge in [-0.2, -0.15) is 0 Å². The fourth-order valence-electron chi connectivity index (χ4n) is 1.99. The van der Waals surface area contributed by atoms with Gasteiger partial charge in [0.05, 0.1) is 13.2 Å². The zero-order valence-electron chi connectivity index (χ0n) is 16.6. The molecule has 0 aliphatic carbocycles. The summed E-state index contributed by atoms with van der Waals surface area (Å²) in [5, 5.41) is 4.92. The highest BCUT2D eigenvalue weighted by atomic mass is 79.9. The van der Waals surface area contributed by atoms with Gasteiger partial charge in [0.1, 0.15) is 21.3 Å². The van der Waals surface area contributed by atoms with Crippen molar-refractivity contribution in [2.75, 3.05) is 33.9 Å². The minimum absolute atomic E-state index is 0.178. The molecule has 0 spiro atoms. The number of alkyl carbamates (subject to hydrolysis) is 1. The number of thiazole rings is 1. The minimum Gasteiger partial charge on any atom is -0.464 e. The largest absolute Gasteiger partial charge is 0.464 e. The highest BCUT2D eigenvalue weighted by Crippen LogP contribution is 2.28. The Morgan fingerprint density at radius 2 is 2.04 bits per heavy atom. The van der Waals surface area contributed by atoms with Gasteiger partial charge in [-0.1, -0.05) is 0 Å². The lowest BCUT2D eigenvalue weighted by atomic mass is 10.1. The predicted octanol–water partition coefficient (Wildman–Crippen LogP) is 2.98. The summed E-state index contributed by atoms with van der Waals surface area (Å²) in [5.74, 6) is -0.607. The maximum Gasteiger partial charge on any atom is 0.408 e. The molecule has 0 aliphatic rings. The molecule has 0 bridgehead atoms. The summed E-state index contributed by atoms with van der Waals surface area (Å²) in [7, 11) is 3.83. The molecule has 10 heteroatoms. The highest BCUT2D eigenvalue weighted by Gasteiger charge is 2.36. The molecule has 1 heterocycles. The first kappa shape index (κ1) is 23.8. The molecule has 1 amide bonds. The second kappa shape index (κ2) is 10.9. The normalized spacial score (nSPS) is 13.9. The van der Waals surface area contributed by atoms with Crippen LogP contribution in [0.4, 0.5) is 4.79 Å². The zero-order chi connectivity index (χ0) is 20.6. The standard InChI is InChI=1S/C17H28BrN3O5S/c1-7-24-15(22)12(20-16(23)26-17(2,3)4)13(25-9-8-21(5)6)14-19-11(18)10-27-14/h10,12-13H,7-9H2,1-6H3,(H,20,23)/t12-,13?/m0/s1. The Hall–Kier alpha value is -1.23. The van der Waals surface area contributed by atoms with E-state index in [9.17, 15) is 9.59 Å². The van der Waals surface area contributed by atoms with Gasteiger partial charge in [0.25, 0.3) is 0 Å². The molecule has 0 radical (unpaired) electrons. The molecule has 1 aromatic rings. The smallest absolute Gasteiger partial charge is 0.408 e. The van der Waals surface area contributed by atoms with E-state index < -0.39 is 29.8 Å². The van der Waals surface area contributed by atoms with E-state index in [1.165, 1.54) is 11.3 Å². The maximum absolute atomic E-state index is 12.5. The van der Waals surface area contributed by atoms with Gasteiger partial charge in [-0.3, -0.25) is 0 Å². The third-order valence-corrected chi connectivity index (χ3v) is 4.70. The molecule has 0 saturated heterocycles. The molecular formula is C17H28BrN3O5S. The van der Waals surface area contributed by atoms with Crippen LogP contribution >= 0.6 is 27.3 Å². The van der Waals surface area contributed by atoms with Gasteiger partial charge in [-0.25, -0.2) is 14.6 Å². The Kier molecular flexibility index (Phi) is 9.65. The minimum atomic E-state index is -1.08. The molecular weight excluding hydrogens is 438 g/mol. The molecule has 154 valence electrons. The molecule has 1 N–H and O–H groups in total. The van der Waals surface area contributed by atoms with Crippen molar-refractivity contribution in [3.8, 4) is 0 Å². The quantitative estimate of drug-likeness (QED) is 0.560. The van der Waals surface area contributed by atoms with Crippen LogP contribution in [-0.4, -0.2) is 67.4 Å². The van der Waals surface area contributed by atoms with E-state index in [0.717, 1.165) is 0 Å². The number of rotatable bonds is 9. The topological polar surface area (TPSA) is 90.0 Å². The lowest BCUT2D eigenvalue weighted by Crippen LogP contribution is -2.48. The number of halogens is 1. The summed E-state index contributed by atoms with van der Waals surface area (Å²) >= 11 is 4.63. The van der Waals surface area contributed by atoms with Crippen molar-refractivity contribution in [2.45, 2.75) is 45.4 Å². The van der Waals surface area contributed by atoms with E-state index in [1.54, 1.807) is 33.1 Å². The first-order chi connectivity index (χ1) is 12.5. The van der Waals surface area contributed by atoms with Crippen LogP contribution in [0.5, 0.6) is 0 Å². The maximum atomic E-state index is 12.5. The van der Waals surface area contributed by atoms with Gasteiger partial charge >= 0.3 is 12.1 Å². The fourth-order valence-corrected chi connectivity index (χ4v) is 3.34. The van der Waals surface area contributed by atoms with Crippen molar-refractivity contribution in [2.24, 2.45) is 0 Å². The van der Waals surface area contributed by atoms with E-state index in [0.29, 0.717) is 22.8 Å². The molecule has 0 saturated carbocycles. The van der Waals surface area contributed by atoms with Gasteiger partial charge in [0.15, 0.2) is 6.04 Å². The van der Waals surface area contributed by atoms with Crippen LogP contribution < -0.4 is 5.32 Å². The summed E-state index contributed by atoms with van der Waals surface area (Å²) < 4.78 is 17.0. The summed E-state index contributed by atoms with van der Waals surface area (Å²) in [5.41, 5.74) is -0.700.